The monoisotopic (exact) mass is 451 g/mol. The maximum absolute atomic E-state index is 12.5. The van der Waals surface area contributed by atoms with E-state index in [0.29, 0.717) is 11.7 Å². The van der Waals surface area contributed by atoms with Crippen molar-refractivity contribution >= 4 is 51.4 Å². The van der Waals surface area contributed by atoms with Crippen LogP contribution in [-0.4, -0.2) is 26.4 Å². The van der Waals surface area contributed by atoms with E-state index in [4.69, 9.17) is 11.6 Å². The fourth-order valence-corrected chi connectivity index (χ4v) is 4.07. The van der Waals surface area contributed by atoms with Gasteiger partial charge in [-0.15, -0.1) is 10.2 Å². The third-order valence-electron chi connectivity index (χ3n) is 4.94. The van der Waals surface area contributed by atoms with Gasteiger partial charge in [-0.2, -0.15) is 0 Å². The average molecular weight is 452 g/mol. The lowest BCUT2D eigenvalue weighted by Gasteiger charge is -2.09. The second kappa shape index (κ2) is 9.41. The quantitative estimate of drug-likeness (QED) is 0.374. The topological polar surface area (TPSA) is 71.8 Å². The zero-order valence-corrected chi connectivity index (χ0v) is 18.8. The minimum Gasteiger partial charge on any atom is -0.378 e. The summed E-state index contributed by atoms with van der Waals surface area (Å²) in [5, 5.41) is 18.3. The maximum atomic E-state index is 12.5. The van der Waals surface area contributed by atoms with Crippen molar-refractivity contribution < 1.29 is 4.79 Å². The zero-order chi connectivity index (χ0) is 21.8. The normalized spacial score (nSPS) is 10.9. The summed E-state index contributed by atoms with van der Waals surface area (Å²) in [5.74, 6) is 0.933. The zero-order valence-electron chi connectivity index (χ0n) is 17.2. The van der Waals surface area contributed by atoms with Crippen LogP contribution in [0, 0.1) is 6.92 Å². The number of aromatic nitrogens is 3. The highest BCUT2D eigenvalue weighted by Crippen LogP contribution is 2.24. The Labute approximate surface area is 190 Å². The molecule has 0 radical (unpaired) electrons. The maximum Gasteiger partial charge on any atom is 0.234 e. The first-order valence-electron chi connectivity index (χ1n) is 9.80. The number of amides is 1. The van der Waals surface area contributed by atoms with Crippen molar-refractivity contribution in [3.8, 4) is 0 Å². The summed E-state index contributed by atoms with van der Waals surface area (Å²) in [6.45, 7) is 2.47. The van der Waals surface area contributed by atoms with Crippen LogP contribution in [0.4, 0.5) is 11.4 Å². The number of nitrogens with one attached hydrogen (secondary N) is 2. The molecule has 8 heteroatoms. The molecule has 4 aromatic rings. The number of benzene rings is 3. The van der Waals surface area contributed by atoms with E-state index in [0.717, 1.165) is 38.6 Å². The van der Waals surface area contributed by atoms with Gasteiger partial charge in [-0.3, -0.25) is 4.79 Å². The molecule has 0 aliphatic carbocycles. The number of halogens is 1. The molecule has 0 atom stereocenters. The van der Waals surface area contributed by atoms with Gasteiger partial charge >= 0.3 is 0 Å². The Morgan fingerprint density at radius 2 is 1.90 bits per heavy atom. The molecule has 2 N–H and O–H groups in total. The van der Waals surface area contributed by atoms with Crippen LogP contribution < -0.4 is 10.6 Å². The number of fused-ring (bicyclic) bond motifs is 1. The summed E-state index contributed by atoms with van der Waals surface area (Å²) in [5.41, 5.74) is 2.76. The van der Waals surface area contributed by atoms with E-state index in [1.54, 1.807) is 0 Å². The average Bonchev–Trinajstić information content (AvgIpc) is 3.13. The number of nitrogens with zero attached hydrogens (tertiary/aromatic N) is 3. The van der Waals surface area contributed by atoms with Crippen molar-refractivity contribution in [3.05, 3.63) is 77.1 Å². The van der Waals surface area contributed by atoms with Crippen LogP contribution in [0.1, 0.15) is 11.4 Å². The Balaban J connectivity index is 1.35. The van der Waals surface area contributed by atoms with Crippen LogP contribution in [0.15, 0.2) is 65.8 Å². The van der Waals surface area contributed by atoms with Gasteiger partial charge in [0.15, 0.2) is 11.0 Å². The van der Waals surface area contributed by atoms with Gasteiger partial charge in [0.25, 0.3) is 0 Å². The van der Waals surface area contributed by atoms with E-state index in [9.17, 15) is 4.79 Å². The number of carbonyl (C=O) groups excluding carboxylic acids is 1. The number of hydrogen-bond acceptors (Lipinski definition) is 5. The van der Waals surface area contributed by atoms with E-state index in [1.807, 2.05) is 79.2 Å². The molecule has 1 amide bonds. The number of aryl methyl sites for hydroxylation is 1. The van der Waals surface area contributed by atoms with Crippen LogP contribution >= 0.6 is 23.4 Å². The highest BCUT2D eigenvalue weighted by molar-refractivity contribution is 7.99. The van der Waals surface area contributed by atoms with Gasteiger partial charge in [0.1, 0.15) is 0 Å². The number of hydrogen-bond donors (Lipinski definition) is 2. The fraction of sp³-hybridized carbons (Fsp3) is 0.174. The van der Waals surface area contributed by atoms with Crippen molar-refractivity contribution in [1.29, 1.82) is 0 Å². The Bertz CT molecular complexity index is 1230. The predicted molar refractivity (Wildman–Crippen MR) is 128 cm³/mol. The van der Waals surface area contributed by atoms with Gasteiger partial charge in [0.2, 0.25) is 5.91 Å². The molecule has 0 saturated carbocycles. The Hall–Kier alpha value is -3.03. The summed E-state index contributed by atoms with van der Waals surface area (Å²) in [7, 11) is 1.89. The summed E-state index contributed by atoms with van der Waals surface area (Å²) >= 11 is 7.53. The van der Waals surface area contributed by atoms with Crippen molar-refractivity contribution in [1.82, 2.24) is 14.8 Å². The van der Waals surface area contributed by atoms with Crippen LogP contribution in [0.5, 0.6) is 0 Å². The summed E-state index contributed by atoms with van der Waals surface area (Å²) in [6.07, 6.45) is 0. The van der Waals surface area contributed by atoms with Gasteiger partial charge in [0, 0.05) is 28.8 Å². The van der Waals surface area contributed by atoms with Crippen molar-refractivity contribution in [2.45, 2.75) is 18.6 Å². The molecule has 3 aromatic carbocycles. The van der Waals surface area contributed by atoms with E-state index in [-0.39, 0.29) is 11.7 Å². The lowest BCUT2D eigenvalue weighted by atomic mass is 10.1. The molecule has 0 bridgehead atoms. The van der Waals surface area contributed by atoms with E-state index < -0.39 is 0 Å². The SMILES string of the molecule is Cc1ccc(NCc2nnc(SCC(=O)Nc3cccc4ccccc34)n2C)cc1Cl. The first-order valence-corrected chi connectivity index (χ1v) is 11.2. The third-order valence-corrected chi connectivity index (χ3v) is 6.37. The summed E-state index contributed by atoms with van der Waals surface area (Å²) in [6, 6.07) is 19.7. The summed E-state index contributed by atoms with van der Waals surface area (Å²) in [4.78, 5) is 12.5. The second-order valence-electron chi connectivity index (χ2n) is 7.14. The van der Waals surface area contributed by atoms with Gasteiger partial charge in [-0.1, -0.05) is 65.8 Å². The van der Waals surface area contributed by atoms with E-state index in [1.165, 1.54) is 11.8 Å². The molecule has 0 fully saturated rings. The third kappa shape index (κ3) is 5.00. The van der Waals surface area contributed by atoms with Gasteiger partial charge in [-0.25, -0.2) is 0 Å². The molecule has 0 saturated heterocycles. The van der Waals surface area contributed by atoms with Crippen LogP contribution in [0.2, 0.25) is 5.02 Å². The van der Waals surface area contributed by atoms with E-state index >= 15 is 0 Å². The second-order valence-corrected chi connectivity index (χ2v) is 8.49. The summed E-state index contributed by atoms with van der Waals surface area (Å²) < 4.78 is 1.89. The van der Waals surface area contributed by atoms with Crippen LogP contribution in [0.25, 0.3) is 10.8 Å². The molecule has 6 nitrogen and oxygen atoms in total. The van der Waals surface area contributed by atoms with Crippen molar-refractivity contribution in [2.75, 3.05) is 16.4 Å². The Morgan fingerprint density at radius 3 is 2.74 bits per heavy atom. The van der Waals surface area contributed by atoms with Crippen molar-refractivity contribution in [3.63, 3.8) is 0 Å². The molecule has 4 rings (SSSR count). The Kier molecular flexibility index (Phi) is 6.44. The Morgan fingerprint density at radius 1 is 1.10 bits per heavy atom. The highest BCUT2D eigenvalue weighted by atomic mass is 35.5. The first-order chi connectivity index (χ1) is 15.0. The molecular weight excluding hydrogens is 430 g/mol. The molecule has 0 spiro atoms. The standard InChI is InChI=1S/C23H22ClN5OS/c1-15-10-11-17(12-19(15)24)25-13-21-27-28-23(29(21)2)31-14-22(30)26-20-9-5-7-16-6-3-4-8-18(16)20/h3-12,25H,13-14H2,1-2H3,(H,26,30). The minimum absolute atomic E-state index is 0.0849. The molecule has 0 aliphatic heterocycles. The van der Waals surface area contributed by atoms with Crippen LogP contribution in [-0.2, 0) is 18.4 Å². The highest BCUT2D eigenvalue weighted by Gasteiger charge is 2.12. The first kappa shape index (κ1) is 21.2. The molecular formula is C23H22ClN5OS. The molecule has 0 aliphatic rings. The largest absolute Gasteiger partial charge is 0.378 e. The lowest BCUT2D eigenvalue weighted by Crippen LogP contribution is -2.15. The predicted octanol–water partition coefficient (Wildman–Crippen LogP) is 5.27. The number of anilines is 2. The van der Waals surface area contributed by atoms with Crippen LogP contribution in [0.3, 0.4) is 0 Å². The number of carbonyl (C=O) groups is 1. The molecule has 158 valence electrons. The molecule has 31 heavy (non-hydrogen) atoms. The van der Waals surface area contributed by atoms with E-state index in [2.05, 4.69) is 20.8 Å². The van der Waals surface area contributed by atoms with Gasteiger partial charge in [0.05, 0.1) is 12.3 Å². The molecule has 1 aromatic heterocycles. The van der Waals surface area contributed by atoms with Crippen molar-refractivity contribution in [2.24, 2.45) is 7.05 Å². The van der Waals surface area contributed by atoms with Gasteiger partial charge < -0.3 is 15.2 Å². The number of rotatable bonds is 7. The van der Waals surface area contributed by atoms with Gasteiger partial charge in [-0.05, 0) is 36.1 Å². The smallest absolute Gasteiger partial charge is 0.234 e. The minimum atomic E-state index is -0.0849. The molecule has 1 heterocycles. The lowest BCUT2D eigenvalue weighted by molar-refractivity contribution is -0.113. The number of thioether (sulfide) groups is 1. The molecule has 0 unspecified atom stereocenters. The fourth-order valence-electron chi connectivity index (χ4n) is 3.16.